The van der Waals surface area contributed by atoms with E-state index in [4.69, 9.17) is 9.84 Å². The molecule has 1 aliphatic heterocycles. The standard InChI is InChI=1S/C13H22N2O4/c1-2-13(4-3-5-13)14-12(18)15-6-7-19-10(9-15)8-11(16)17/h10H,2-9H2,1H3,(H,14,18)(H,16,17). The summed E-state index contributed by atoms with van der Waals surface area (Å²) >= 11 is 0. The molecule has 1 saturated heterocycles. The number of carboxylic acid groups (broad SMARTS) is 1. The minimum Gasteiger partial charge on any atom is -0.481 e. The van der Waals surface area contributed by atoms with Gasteiger partial charge in [-0.3, -0.25) is 4.79 Å². The number of hydrogen-bond donors (Lipinski definition) is 2. The molecular formula is C13H22N2O4. The van der Waals surface area contributed by atoms with Crippen molar-refractivity contribution in [3.63, 3.8) is 0 Å². The highest BCUT2D eigenvalue weighted by molar-refractivity contribution is 5.75. The van der Waals surface area contributed by atoms with Crippen LogP contribution in [-0.4, -0.2) is 53.3 Å². The second-order valence-electron chi connectivity index (χ2n) is 5.45. The lowest BCUT2D eigenvalue weighted by Crippen LogP contribution is -2.59. The molecule has 2 rings (SSSR count). The Hall–Kier alpha value is -1.30. The van der Waals surface area contributed by atoms with Gasteiger partial charge in [0.15, 0.2) is 0 Å². The molecule has 1 aliphatic carbocycles. The van der Waals surface area contributed by atoms with Crippen LogP contribution in [0.1, 0.15) is 39.0 Å². The lowest BCUT2D eigenvalue weighted by Gasteiger charge is -2.44. The van der Waals surface area contributed by atoms with Gasteiger partial charge in [-0.05, 0) is 25.7 Å². The molecule has 6 nitrogen and oxygen atoms in total. The number of aliphatic carboxylic acids is 1. The first-order chi connectivity index (χ1) is 9.04. The Labute approximate surface area is 113 Å². The maximum Gasteiger partial charge on any atom is 0.317 e. The third-order valence-corrected chi connectivity index (χ3v) is 4.19. The van der Waals surface area contributed by atoms with E-state index in [-0.39, 0.29) is 18.0 Å². The molecule has 0 bridgehead atoms. The van der Waals surface area contributed by atoms with Crippen molar-refractivity contribution in [3.8, 4) is 0 Å². The van der Waals surface area contributed by atoms with Crippen LogP contribution in [0.3, 0.4) is 0 Å². The number of morpholine rings is 1. The molecule has 108 valence electrons. The highest BCUT2D eigenvalue weighted by Crippen LogP contribution is 2.34. The fourth-order valence-electron chi connectivity index (χ4n) is 2.70. The van der Waals surface area contributed by atoms with Gasteiger partial charge in [0.25, 0.3) is 0 Å². The molecule has 1 heterocycles. The Morgan fingerprint density at radius 2 is 2.21 bits per heavy atom. The first-order valence-corrected chi connectivity index (χ1v) is 6.95. The third kappa shape index (κ3) is 3.37. The van der Waals surface area contributed by atoms with Crippen molar-refractivity contribution in [3.05, 3.63) is 0 Å². The molecule has 6 heteroatoms. The predicted molar refractivity (Wildman–Crippen MR) is 69.0 cm³/mol. The summed E-state index contributed by atoms with van der Waals surface area (Å²) in [6.07, 6.45) is 3.75. The van der Waals surface area contributed by atoms with Crippen molar-refractivity contribution in [1.29, 1.82) is 0 Å². The topological polar surface area (TPSA) is 78.9 Å². The highest BCUT2D eigenvalue weighted by Gasteiger charge is 2.38. The number of nitrogens with one attached hydrogen (secondary N) is 1. The molecule has 2 aliphatic rings. The summed E-state index contributed by atoms with van der Waals surface area (Å²) in [5.41, 5.74) is -0.0301. The van der Waals surface area contributed by atoms with Crippen LogP contribution in [0.5, 0.6) is 0 Å². The zero-order chi connectivity index (χ0) is 13.9. The summed E-state index contributed by atoms with van der Waals surface area (Å²) in [4.78, 5) is 24.6. The van der Waals surface area contributed by atoms with E-state index >= 15 is 0 Å². The van der Waals surface area contributed by atoms with Gasteiger partial charge in [0.1, 0.15) is 0 Å². The van der Waals surface area contributed by atoms with Gasteiger partial charge in [0.05, 0.1) is 19.1 Å². The minimum atomic E-state index is -0.892. The molecule has 2 fully saturated rings. The van der Waals surface area contributed by atoms with Gasteiger partial charge in [0.2, 0.25) is 0 Å². The van der Waals surface area contributed by atoms with Gasteiger partial charge in [-0.15, -0.1) is 0 Å². The molecule has 19 heavy (non-hydrogen) atoms. The van der Waals surface area contributed by atoms with Crippen LogP contribution in [0.2, 0.25) is 0 Å². The minimum absolute atomic E-state index is 0.0301. The Morgan fingerprint density at radius 3 is 2.74 bits per heavy atom. The molecule has 0 aromatic rings. The average molecular weight is 270 g/mol. The fourth-order valence-corrected chi connectivity index (χ4v) is 2.70. The molecule has 0 radical (unpaired) electrons. The fraction of sp³-hybridized carbons (Fsp3) is 0.846. The van der Waals surface area contributed by atoms with E-state index in [0.29, 0.717) is 19.7 Å². The summed E-state index contributed by atoms with van der Waals surface area (Å²) in [5.74, 6) is -0.892. The number of rotatable bonds is 4. The first kappa shape index (κ1) is 14.1. The second kappa shape index (κ2) is 5.77. The Kier molecular flexibility index (Phi) is 4.29. The van der Waals surface area contributed by atoms with Gasteiger partial charge in [0, 0.05) is 18.6 Å². The number of amides is 2. The Bertz CT molecular complexity index is 349. The number of urea groups is 1. The third-order valence-electron chi connectivity index (χ3n) is 4.19. The van der Waals surface area contributed by atoms with Crippen LogP contribution in [0, 0.1) is 0 Å². The Morgan fingerprint density at radius 1 is 1.47 bits per heavy atom. The van der Waals surface area contributed by atoms with E-state index in [9.17, 15) is 9.59 Å². The van der Waals surface area contributed by atoms with Gasteiger partial charge in [-0.25, -0.2) is 4.79 Å². The van der Waals surface area contributed by atoms with E-state index in [1.54, 1.807) is 4.90 Å². The van der Waals surface area contributed by atoms with Crippen molar-refractivity contribution in [2.24, 2.45) is 0 Å². The quantitative estimate of drug-likeness (QED) is 0.804. The largest absolute Gasteiger partial charge is 0.481 e. The lowest BCUT2D eigenvalue weighted by atomic mass is 9.75. The molecule has 2 N–H and O–H groups in total. The van der Waals surface area contributed by atoms with Crippen LogP contribution in [0.15, 0.2) is 0 Å². The highest BCUT2D eigenvalue weighted by atomic mass is 16.5. The predicted octanol–water partition coefficient (Wildman–Crippen LogP) is 1.20. The number of carbonyl (C=O) groups is 2. The zero-order valence-electron chi connectivity index (χ0n) is 11.4. The lowest BCUT2D eigenvalue weighted by molar-refractivity contribution is -0.141. The van der Waals surface area contributed by atoms with Crippen LogP contribution in [-0.2, 0) is 9.53 Å². The number of carbonyl (C=O) groups excluding carboxylic acids is 1. The van der Waals surface area contributed by atoms with Crippen LogP contribution in [0.25, 0.3) is 0 Å². The van der Waals surface area contributed by atoms with E-state index in [1.807, 2.05) is 0 Å². The molecule has 0 aromatic heterocycles. The van der Waals surface area contributed by atoms with Crippen LogP contribution in [0.4, 0.5) is 4.79 Å². The van der Waals surface area contributed by atoms with E-state index in [0.717, 1.165) is 19.3 Å². The van der Waals surface area contributed by atoms with Crippen molar-refractivity contribution >= 4 is 12.0 Å². The Balaban J connectivity index is 1.86. The zero-order valence-corrected chi connectivity index (χ0v) is 11.4. The molecular weight excluding hydrogens is 248 g/mol. The monoisotopic (exact) mass is 270 g/mol. The maximum absolute atomic E-state index is 12.2. The smallest absolute Gasteiger partial charge is 0.317 e. The van der Waals surface area contributed by atoms with Crippen LogP contribution < -0.4 is 5.32 Å². The molecule has 0 aromatic carbocycles. The normalized spacial score (nSPS) is 25.5. The molecule has 1 atom stereocenters. The first-order valence-electron chi connectivity index (χ1n) is 6.95. The molecule has 1 unspecified atom stereocenters. The van der Waals surface area contributed by atoms with E-state index < -0.39 is 12.1 Å². The van der Waals surface area contributed by atoms with Gasteiger partial charge >= 0.3 is 12.0 Å². The number of carboxylic acids is 1. The van der Waals surface area contributed by atoms with Crippen molar-refractivity contribution in [1.82, 2.24) is 10.2 Å². The molecule has 0 spiro atoms. The second-order valence-corrected chi connectivity index (χ2v) is 5.45. The van der Waals surface area contributed by atoms with Crippen LogP contribution >= 0.6 is 0 Å². The molecule has 2 amide bonds. The average Bonchev–Trinajstić information content (AvgIpc) is 2.33. The van der Waals surface area contributed by atoms with Crippen molar-refractivity contribution in [2.75, 3.05) is 19.7 Å². The van der Waals surface area contributed by atoms with Gasteiger partial charge < -0.3 is 20.1 Å². The number of nitrogens with zero attached hydrogens (tertiary/aromatic N) is 1. The SMILES string of the molecule is CCC1(NC(=O)N2CCOC(CC(=O)O)C2)CCC1. The summed E-state index contributed by atoms with van der Waals surface area (Å²) in [7, 11) is 0. The van der Waals surface area contributed by atoms with Gasteiger partial charge in [-0.1, -0.05) is 6.92 Å². The number of hydrogen-bond acceptors (Lipinski definition) is 3. The molecule has 1 saturated carbocycles. The summed E-state index contributed by atoms with van der Waals surface area (Å²) in [6.45, 7) is 3.39. The van der Waals surface area contributed by atoms with Crippen molar-refractivity contribution in [2.45, 2.75) is 50.7 Å². The van der Waals surface area contributed by atoms with Crippen molar-refractivity contribution < 1.29 is 19.4 Å². The van der Waals surface area contributed by atoms with Gasteiger partial charge in [-0.2, -0.15) is 0 Å². The summed E-state index contributed by atoms with van der Waals surface area (Å²) < 4.78 is 5.36. The number of ether oxygens (including phenoxy) is 1. The summed E-state index contributed by atoms with van der Waals surface area (Å²) in [6, 6.07) is -0.0831. The van der Waals surface area contributed by atoms with E-state index in [2.05, 4.69) is 12.2 Å². The maximum atomic E-state index is 12.2. The summed E-state index contributed by atoms with van der Waals surface area (Å²) in [5, 5.41) is 11.9. The van der Waals surface area contributed by atoms with E-state index in [1.165, 1.54) is 6.42 Å².